The lowest BCUT2D eigenvalue weighted by Gasteiger charge is -2.32. The zero-order valence-electron chi connectivity index (χ0n) is 15.0. The zero-order chi connectivity index (χ0) is 19.0. The number of nitrogens with one attached hydrogen (secondary N) is 1. The maximum absolute atomic E-state index is 12.7. The summed E-state index contributed by atoms with van der Waals surface area (Å²) in [6, 6.07) is 13.5. The number of carbonyl (C=O) groups excluding carboxylic acids is 1. The number of amides is 1. The molecule has 0 spiro atoms. The number of benzene rings is 2. The van der Waals surface area contributed by atoms with Gasteiger partial charge in [-0.1, -0.05) is 48.3 Å². The number of nitrogens with zero attached hydrogens (tertiary/aromatic N) is 1. The number of carbonyl (C=O) groups is 1. The summed E-state index contributed by atoms with van der Waals surface area (Å²) < 4.78 is 1.00. The first-order valence-corrected chi connectivity index (χ1v) is 10.6. The molecular weight excluding hydrogens is 399 g/mol. The van der Waals surface area contributed by atoms with Crippen LogP contribution in [0.5, 0.6) is 0 Å². The Morgan fingerprint density at radius 1 is 1.15 bits per heavy atom. The molecule has 1 aromatic heterocycles. The fourth-order valence-electron chi connectivity index (χ4n) is 3.44. The molecule has 1 amide bonds. The molecule has 2 heterocycles. The first kappa shape index (κ1) is 18.6. The SMILES string of the molecule is CC1CCN(c2ccc(NC(=O)c3sc4ccccc4c3Cl)cc2Cl)CC1. The minimum absolute atomic E-state index is 0.211. The van der Waals surface area contributed by atoms with E-state index in [4.69, 9.17) is 23.2 Å². The topological polar surface area (TPSA) is 32.3 Å². The molecule has 1 fully saturated rings. The van der Waals surface area contributed by atoms with Crippen LogP contribution in [0.4, 0.5) is 11.4 Å². The van der Waals surface area contributed by atoms with Gasteiger partial charge in [0, 0.05) is 28.9 Å². The van der Waals surface area contributed by atoms with Gasteiger partial charge in [-0.2, -0.15) is 0 Å². The van der Waals surface area contributed by atoms with Gasteiger partial charge in [-0.25, -0.2) is 0 Å². The minimum Gasteiger partial charge on any atom is -0.370 e. The lowest BCUT2D eigenvalue weighted by atomic mass is 9.99. The lowest BCUT2D eigenvalue weighted by Crippen LogP contribution is -2.32. The predicted octanol–water partition coefficient (Wildman–Crippen LogP) is 6.70. The average molecular weight is 419 g/mol. The van der Waals surface area contributed by atoms with Crippen molar-refractivity contribution in [2.45, 2.75) is 19.8 Å². The highest BCUT2D eigenvalue weighted by Crippen LogP contribution is 2.36. The molecular formula is C21H20Cl2N2OS. The van der Waals surface area contributed by atoms with E-state index in [1.807, 2.05) is 42.5 Å². The van der Waals surface area contributed by atoms with Crippen molar-refractivity contribution < 1.29 is 4.79 Å². The maximum Gasteiger partial charge on any atom is 0.267 e. The van der Waals surface area contributed by atoms with Gasteiger partial charge in [0.15, 0.2) is 0 Å². The van der Waals surface area contributed by atoms with Crippen molar-refractivity contribution in [2.24, 2.45) is 5.92 Å². The fourth-order valence-corrected chi connectivity index (χ4v) is 5.15. The van der Waals surface area contributed by atoms with Crippen molar-refractivity contribution in [2.75, 3.05) is 23.3 Å². The van der Waals surface area contributed by atoms with Gasteiger partial charge in [-0.05, 0) is 43.0 Å². The van der Waals surface area contributed by atoms with Gasteiger partial charge in [0.25, 0.3) is 5.91 Å². The van der Waals surface area contributed by atoms with E-state index in [9.17, 15) is 4.79 Å². The highest BCUT2D eigenvalue weighted by molar-refractivity contribution is 7.21. The van der Waals surface area contributed by atoms with E-state index >= 15 is 0 Å². The van der Waals surface area contributed by atoms with Crippen LogP contribution in [-0.2, 0) is 0 Å². The molecule has 0 unspecified atom stereocenters. The number of hydrogen-bond acceptors (Lipinski definition) is 3. The van der Waals surface area contributed by atoms with Crippen molar-refractivity contribution >= 4 is 61.9 Å². The Bertz CT molecular complexity index is 993. The molecule has 3 nitrogen and oxygen atoms in total. The number of piperidine rings is 1. The molecule has 4 rings (SSSR count). The van der Waals surface area contributed by atoms with Crippen molar-refractivity contribution in [3.8, 4) is 0 Å². The Morgan fingerprint density at radius 2 is 1.89 bits per heavy atom. The third-order valence-electron chi connectivity index (χ3n) is 5.07. The summed E-state index contributed by atoms with van der Waals surface area (Å²) >= 11 is 14.3. The highest BCUT2D eigenvalue weighted by atomic mass is 35.5. The van der Waals surface area contributed by atoms with E-state index in [1.54, 1.807) is 0 Å². The largest absolute Gasteiger partial charge is 0.370 e. The van der Waals surface area contributed by atoms with Crippen LogP contribution in [0.1, 0.15) is 29.4 Å². The first-order valence-electron chi connectivity index (χ1n) is 9.06. The van der Waals surface area contributed by atoms with Crippen molar-refractivity contribution in [3.05, 3.63) is 57.4 Å². The van der Waals surface area contributed by atoms with Crippen molar-refractivity contribution in [1.29, 1.82) is 0 Å². The Morgan fingerprint density at radius 3 is 2.59 bits per heavy atom. The van der Waals surface area contributed by atoms with E-state index < -0.39 is 0 Å². The van der Waals surface area contributed by atoms with Crippen LogP contribution in [0.15, 0.2) is 42.5 Å². The van der Waals surface area contributed by atoms with E-state index in [-0.39, 0.29) is 5.91 Å². The van der Waals surface area contributed by atoms with Crippen molar-refractivity contribution in [3.63, 3.8) is 0 Å². The van der Waals surface area contributed by atoms with Crippen LogP contribution in [0.2, 0.25) is 10.0 Å². The van der Waals surface area contributed by atoms with Crippen LogP contribution >= 0.6 is 34.5 Å². The summed E-state index contributed by atoms with van der Waals surface area (Å²) in [5.74, 6) is 0.557. The molecule has 1 aliphatic heterocycles. The molecule has 1 aliphatic rings. The molecule has 2 aromatic carbocycles. The van der Waals surface area contributed by atoms with Gasteiger partial charge < -0.3 is 10.2 Å². The molecule has 0 atom stereocenters. The second-order valence-corrected chi connectivity index (χ2v) is 8.87. The molecule has 3 aromatic rings. The van der Waals surface area contributed by atoms with Gasteiger partial charge in [-0.3, -0.25) is 4.79 Å². The van der Waals surface area contributed by atoms with Gasteiger partial charge >= 0.3 is 0 Å². The summed E-state index contributed by atoms with van der Waals surface area (Å²) in [4.78, 5) is 15.5. The smallest absolute Gasteiger partial charge is 0.267 e. The van der Waals surface area contributed by atoms with Crippen molar-refractivity contribution in [1.82, 2.24) is 0 Å². The normalized spacial score (nSPS) is 15.3. The molecule has 140 valence electrons. The molecule has 6 heteroatoms. The van der Waals surface area contributed by atoms with E-state index in [0.29, 0.717) is 20.6 Å². The molecule has 1 N–H and O–H groups in total. The van der Waals surface area contributed by atoms with E-state index in [0.717, 1.165) is 34.8 Å². The highest BCUT2D eigenvalue weighted by Gasteiger charge is 2.20. The summed E-state index contributed by atoms with van der Waals surface area (Å²) in [5, 5.41) is 4.98. The Hall–Kier alpha value is -1.75. The monoisotopic (exact) mass is 418 g/mol. The standard InChI is InChI=1S/C21H20Cl2N2OS/c1-13-8-10-25(11-9-13)17-7-6-14(12-16(17)22)24-21(26)20-19(23)15-4-2-3-5-18(15)27-20/h2-7,12-13H,8-11H2,1H3,(H,24,26). The zero-order valence-corrected chi connectivity index (χ0v) is 17.3. The average Bonchev–Trinajstić information content (AvgIpc) is 3.00. The van der Waals surface area contributed by atoms with Crippen LogP contribution in [0.25, 0.3) is 10.1 Å². The molecule has 0 radical (unpaired) electrons. The molecule has 27 heavy (non-hydrogen) atoms. The molecule has 0 aliphatic carbocycles. The summed E-state index contributed by atoms with van der Waals surface area (Å²) in [6.07, 6.45) is 2.36. The third-order valence-corrected chi connectivity index (χ3v) is 7.05. The number of fused-ring (bicyclic) bond motifs is 1. The molecule has 1 saturated heterocycles. The lowest BCUT2D eigenvalue weighted by molar-refractivity contribution is 0.103. The summed E-state index contributed by atoms with van der Waals surface area (Å²) in [6.45, 7) is 4.32. The second kappa shape index (κ2) is 7.70. The number of thiophene rings is 1. The van der Waals surface area contributed by atoms with Crippen LogP contribution in [0, 0.1) is 5.92 Å². The van der Waals surface area contributed by atoms with Gasteiger partial charge in [0.2, 0.25) is 0 Å². The fraction of sp³-hybridized carbons (Fsp3) is 0.286. The van der Waals surface area contributed by atoms with Crippen LogP contribution < -0.4 is 10.2 Å². The number of hydrogen-bond donors (Lipinski definition) is 1. The van der Waals surface area contributed by atoms with Gasteiger partial charge in [0.05, 0.1) is 15.7 Å². The predicted molar refractivity (Wildman–Crippen MR) is 117 cm³/mol. The van der Waals surface area contributed by atoms with Gasteiger partial charge in [-0.15, -0.1) is 11.3 Å². The van der Waals surface area contributed by atoms with E-state index in [1.165, 1.54) is 24.2 Å². The van der Waals surface area contributed by atoms with Crippen LogP contribution in [0.3, 0.4) is 0 Å². The maximum atomic E-state index is 12.7. The molecule has 0 bridgehead atoms. The third kappa shape index (κ3) is 3.79. The quantitative estimate of drug-likeness (QED) is 0.513. The van der Waals surface area contributed by atoms with E-state index in [2.05, 4.69) is 17.1 Å². The number of rotatable bonds is 3. The number of halogens is 2. The number of anilines is 2. The Labute approximate surface area is 172 Å². The molecule has 0 saturated carbocycles. The minimum atomic E-state index is -0.211. The Balaban J connectivity index is 1.53. The van der Waals surface area contributed by atoms with Gasteiger partial charge in [0.1, 0.15) is 4.88 Å². The first-order chi connectivity index (χ1) is 13.0. The summed E-state index contributed by atoms with van der Waals surface area (Å²) in [5.41, 5.74) is 1.70. The second-order valence-electron chi connectivity index (χ2n) is 7.03. The summed E-state index contributed by atoms with van der Waals surface area (Å²) in [7, 11) is 0. The van der Waals surface area contributed by atoms with Crippen LogP contribution in [-0.4, -0.2) is 19.0 Å². The Kier molecular flexibility index (Phi) is 5.31.